The highest BCUT2D eigenvalue weighted by atomic mass is 16.6. The molecule has 0 heterocycles. The summed E-state index contributed by atoms with van der Waals surface area (Å²) < 4.78 is 16.5. The lowest BCUT2D eigenvalue weighted by molar-refractivity contribution is -0.228. The number of rotatable bonds is 5. The number of carbonyl (C=O) groups is 4. The second-order valence-corrected chi connectivity index (χ2v) is 10.1. The highest BCUT2D eigenvalue weighted by molar-refractivity contribution is 5.97. The molecule has 8 nitrogen and oxygen atoms in total. The molecule has 2 fully saturated rings. The summed E-state index contributed by atoms with van der Waals surface area (Å²) in [4.78, 5) is 49.0. The molecule has 32 heavy (non-hydrogen) atoms. The highest BCUT2D eigenvalue weighted by Gasteiger charge is 2.60. The molecule has 0 amide bonds. The van der Waals surface area contributed by atoms with E-state index in [-0.39, 0.29) is 11.7 Å². The maximum atomic E-state index is 12.9. The van der Waals surface area contributed by atoms with Crippen LogP contribution in [0.5, 0.6) is 0 Å². The summed E-state index contributed by atoms with van der Waals surface area (Å²) in [7, 11) is 0. The first kappa shape index (κ1) is 26.0. The molecule has 0 aliphatic heterocycles. The molecule has 2 aliphatic carbocycles. The average molecular weight is 453 g/mol. The molecular formula is C24H36O8. The zero-order valence-corrected chi connectivity index (χ0v) is 20.4. The Labute approximate surface area is 189 Å². The predicted octanol–water partition coefficient (Wildman–Crippen LogP) is 3.04. The van der Waals surface area contributed by atoms with Crippen molar-refractivity contribution in [2.75, 3.05) is 0 Å². The second-order valence-electron chi connectivity index (χ2n) is 10.1. The number of allylic oxidation sites excluding steroid dienone is 2. The van der Waals surface area contributed by atoms with Crippen LogP contribution in [0, 0.1) is 11.3 Å². The van der Waals surface area contributed by atoms with Gasteiger partial charge in [0.15, 0.2) is 11.4 Å². The quantitative estimate of drug-likeness (QED) is 0.384. The minimum atomic E-state index is -2.09. The monoisotopic (exact) mass is 452 g/mol. The molecule has 0 saturated heterocycles. The van der Waals surface area contributed by atoms with E-state index < -0.39 is 46.7 Å². The first-order valence-corrected chi connectivity index (χ1v) is 11.0. The summed E-state index contributed by atoms with van der Waals surface area (Å²) in [6.45, 7) is 12.6. The molecule has 0 bridgehead atoms. The topological polar surface area (TPSA) is 116 Å². The molecule has 0 unspecified atom stereocenters. The van der Waals surface area contributed by atoms with Crippen molar-refractivity contribution in [3.05, 3.63) is 11.1 Å². The van der Waals surface area contributed by atoms with Gasteiger partial charge in [0.2, 0.25) is 0 Å². The molecule has 180 valence electrons. The van der Waals surface area contributed by atoms with Gasteiger partial charge in [-0.15, -0.1) is 0 Å². The third kappa shape index (κ3) is 4.90. The first-order chi connectivity index (χ1) is 14.5. The Morgan fingerprint density at radius 2 is 1.72 bits per heavy atom. The molecule has 0 aromatic rings. The summed E-state index contributed by atoms with van der Waals surface area (Å²) in [5.74, 6) is -2.28. The van der Waals surface area contributed by atoms with Gasteiger partial charge in [-0.3, -0.25) is 14.4 Å². The van der Waals surface area contributed by atoms with Crippen LogP contribution in [0.3, 0.4) is 0 Å². The number of esters is 3. The van der Waals surface area contributed by atoms with Crippen LogP contribution in [0.15, 0.2) is 11.1 Å². The Kier molecular flexibility index (Phi) is 7.29. The third-order valence-corrected chi connectivity index (χ3v) is 7.22. The second kappa shape index (κ2) is 8.96. The Morgan fingerprint density at radius 1 is 1.12 bits per heavy atom. The minimum absolute atomic E-state index is 0.0995. The van der Waals surface area contributed by atoms with Crippen LogP contribution >= 0.6 is 0 Å². The minimum Gasteiger partial charge on any atom is -0.459 e. The number of hydrogen-bond acceptors (Lipinski definition) is 8. The Morgan fingerprint density at radius 3 is 2.22 bits per heavy atom. The number of ether oxygens (including phenoxy) is 3. The largest absolute Gasteiger partial charge is 0.459 e. The van der Waals surface area contributed by atoms with Gasteiger partial charge in [-0.2, -0.15) is 0 Å². The van der Waals surface area contributed by atoms with Crippen LogP contribution in [0.4, 0.5) is 0 Å². The molecule has 0 radical (unpaired) electrons. The van der Waals surface area contributed by atoms with Crippen LogP contribution in [0.1, 0.15) is 81.1 Å². The van der Waals surface area contributed by atoms with Crippen LogP contribution in [-0.4, -0.2) is 52.2 Å². The van der Waals surface area contributed by atoms with Gasteiger partial charge in [0, 0.05) is 26.2 Å². The van der Waals surface area contributed by atoms with E-state index in [0.29, 0.717) is 31.3 Å². The summed E-state index contributed by atoms with van der Waals surface area (Å²) in [5, 5.41) is 10.7. The number of hydrogen-bond donors (Lipinski definition) is 1. The van der Waals surface area contributed by atoms with Crippen LogP contribution in [0.25, 0.3) is 0 Å². The van der Waals surface area contributed by atoms with Gasteiger partial charge in [0.1, 0.15) is 17.8 Å². The molecule has 0 spiro atoms. The van der Waals surface area contributed by atoms with Crippen molar-refractivity contribution in [2.24, 2.45) is 11.3 Å². The van der Waals surface area contributed by atoms with Gasteiger partial charge in [0.05, 0.1) is 0 Å². The van der Waals surface area contributed by atoms with Crippen molar-refractivity contribution in [1.82, 2.24) is 0 Å². The van der Waals surface area contributed by atoms with Crippen molar-refractivity contribution < 1.29 is 38.5 Å². The van der Waals surface area contributed by atoms with Gasteiger partial charge >= 0.3 is 17.9 Å². The molecule has 2 rings (SSSR count). The van der Waals surface area contributed by atoms with Gasteiger partial charge in [-0.1, -0.05) is 12.5 Å². The van der Waals surface area contributed by atoms with Crippen LogP contribution in [0.2, 0.25) is 0 Å². The first-order valence-electron chi connectivity index (χ1n) is 11.0. The lowest BCUT2D eigenvalue weighted by Crippen LogP contribution is -2.62. The zero-order chi connectivity index (χ0) is 24.6. The summed E-state index contributed by atoms with van der Waals surface area (Å²) in [5.41, 5.74) is -2.07. The smallest absolute Gasteiger partial charge is 0.342 e. The summed E-state index contributed by atoms with van der Waals surface area (Å²) in [6.07, 6.45) is -0.272. The van der Waals surface area contributed by atoms with Crippen molar-refractivity contribution in [3.63, 3.8) is 0 Å². The van der Waals surface area contributed by atoms with E-state index in [9.17, 15) is 24.3 Å². The summed E-state index contributed by atoms with van der Waals surface area (Å²) >= 11 is 0. The number of ketones is 1. The van der Waals surface area contributed by atoms with Crippen molar-refractivity contribution in [2.45, 2.75) is 104 Å². The molecule has 6 atom stereocenters. The predicted molar refractivity (Wildman–Crippen MR) is 115 cm³/mol. The molecule has 1 N–H and O–H groups in total. The van der Waals surface area contributed by atoms with Gasteiger partial charge in [0.25, 0.3) is 0 Å². The van der Waals surface area contributed by atoms with Gasteiger partial charge in [-0.05, 0) is 64.9 Å². The number of fused-ring (bicyclic) bond motifs is 1. The maximum Gasteiger partial charge on any atom is 0.342 e. The lowest BCUT2D eigenvalue weighted by atomic mass is 9.53. The lowest BCUT2D eigenvalue weighted by Gasteiger charge is -2.56. The Balaban J connectivity index is 2.41. The van der Waals surface area contributed by atoms with E-state index in [1.54, 1.807) is 6.92 Å². The van der Waals surface area contributed by atoms with Crippen molar-refractivity contribution in [1.29, 1.82) is 0 Å². The normalized spacial score (nSPS) is 32.8. The van der Waals surface area contributed by atoms with Crippen LogP contribution in [-0.2, 0) is 33.4 Å². The van der Waals surface area contributed by atoms with Crippen molar-refractivity contribution >= 4 is 23.7 Å². The fourth-order valence-corrected chi connectivity index (χ4v) is 5.17. The molecular weight excluding hydrogens is 416 g/mol. The van der Waals surface area contributed by atoms with E-state index in [4.69, 9.17) is 14.2 Å². The summed E-state index contributed by atoms with van der Waals surface area (Å²) in [6, 6.07) is 0. The van der Waals surface area contributed by atoms with E-state index in [0.717, 1.165) is 5.57 Å². The maximum absolute atomic E-state index is 12.9. The fraction of sp³-hybridized carbons (Fsp3) is 0.750. The zero-order valence-electron chi connectivity index (χ0n) is 20.4. The number of Topliss-reactive ketones (excluding diaryl/α,β-unsaturated/α-hetero) is 1. The van der Waals surface area contributed by atoms with E-state index in [1.165, 1.54) is 27.7 Å². The standard InChI is InChI=1S/C24H36O8/c1-13(2)17-11-19-22(6,12-18(17)27)10-9-20(24(19,8)32-16(5)26)31-21(28)23(7,29)14(3)30-15(4)25/h14,19-20,29H,9-12H2,1-8H3/t14-,19-,20-,22-,23-,24+/m1/s1. The molecule has 0 aromatic carbocycles. The highest BCUT2D eigenvalue weighted by Crippen LogP contribution is 2.56. The average Bonchev–Trinajstić information content (AvgIpc) is 2.62. The molecule has 2 saturated carbocycles. The van der Waals surface area contributed by atoms with E-state index in [2.05, 4.69) is 0 Å². The molecule has 0 aromatic heterocycles. The molecule has 2 aliphatic rings. The number of carbonyl (C=O) groups excluding carboxylic acids is 4. The van der Waals surface area contributed by atoms with Crippen LogP contribution < -0.4 is 0 Å². The SMILES string of the molecule is CC(=O)O[C@H](C)[C@@](C)(O)C(=O)O[C@@H]1CC[C@]2(C)CC(=O)C(=C(C)C)C[C@H]2[C@]1(C)OC(C)=O. The Hall–Kier alpha value is -2.22. The fourth-order valence-electron chi connectivity index (χ4n) is 5.17. The molecule has 8 heteroatoms. The number of aliphatic hydroxyl groups is 1. The third-order valence-electron chi connectivity index (χ3n) is 7.22. The Bertz CT molecular complexity index is 837. The van der Waals surface area contributed by atoms with Crippen molar-refractivity contribution in [3.8, 4) is 0 Å². The van der Waals surface area contributed by atoms with E-state index >= 15 is 0 Å². The van der Waals surface area contributed by atoms with E-state index in [1.807, 2.05) is 20.8 Å². The van der Waals surface area contributed by atoms with Gasteiger partial charge < -0.3 is 19.3 Å². The van der Waals surface area contributed by atoms with Gasteiger partial charge in [-0.25, -0.2) is 4.79 Å².